The zero-order valence-corrected chi connectivity index (χ0v) is 14.6. The zero-order chi connectivity index (χ0) is 18.7. The lowest BCUT2D eigenvalue weighted by Crippen LogP contribution is -2.53. The molecule has 0 spiro atoms. The molecule has 2 atom stereocenters. The highest BCUT2D eigenvalue weighted by atomic mass is 35.5. The Kier molecular flexibility index (Phi) is 5.39. The molecule has 0 fully saturated rings. The standard InChI is InChI=1S/C18H18ClN3O4/c19-16-6-5-12(8-20-16)17(24)21-9-15(23)14-7-11-3-1-2-4-13(11)10-22(14)18(25)26/h1-6,8,14-15,23H,7,9-10H2,(H,21,24)(H,25,26)/t14?,15-/m1/s1. The summed E-state index contributed by atoms with van der Waals surface area (Å²) in [5.74, 6) is -0.411. The molecule has 1 aliphatic rings. The second kappa shape index (κ2) is 7.72. The third-order valence-electron chi connectivity index (χ3n) is 4.44. The van der Waals surface area contributed by atoms with Crippen LogP contribution in [0, 0.1) is 0 Å². The summed E-state index contributed by atoms with van der Waals surface area (Å²) in [6.07, 6.45) is -0.410. The van der Waals surface area contributed by atoms with E-state index in [1.807, 2.05) is 24.3 Å². The van der Waals surface area contributed by atoms with Gasteiger partial charge in [-0.3, -0.25) is 9.69 Å². The van der Waals surface area contributed by atoms with Gasteiger partial charge < -0.3 is 15.5 Å². The van der Waals surface area contributed by atoms with Crippen molar-refractivity contribution in [3.8, 4) is 0 Å². The molecule has 0 saturated heterocycles. The van der Waals surface area contributed by atoms with Gasteiger partial charge in [0.1, 0.15) is 5.15 Å². The number of carbonyl (C=O) groups is 2. The number of nitrogens with one attached hydrogen (secondary N) is 1. The smallest absolute Gasteiger partial charge is 0.407 e. The quantitative estimate of drug-likeness (QED) is 0.708. The van der Waals surface area contributed by atoms with Gasteiger partial charge >= 0.3 is 6.09 Å². The van der Waals surface area contributed by atoms with Crippen molar-refractivity contribution in [1.82, 2.24) is 15.2 Å². The van der Waals surface area contributed by atoms with Gasteiger partial charge in [0.05, 0.1) is 17.7 Å². The van der Waals surface area contributed by atoms with E-state index in [4.69, 9.17) is 11.6 Å². The lowest BCUT2D eigenvalue weighted by atomic mass is 9.91. The van der Waals surface area contributed by atoms with Crippen molar-refractivity contribution >= 4 is 23.6 Å². The van der Waals surface area contributed by atoms with E-state index >= 15 is 0 Å². The highest BCUT2D eigenvalue weighted by Gasteiger charge is 2.34. The number of carboxylic acid groups (broad SMARTS) is 1. The highest BCUT2D eigenvalue weighted by Crippen LogP contribution is 2.25. The Hall–Kier alpha value is -2.64. The minimum atomic E-state index is -1.10. The van der Waals surface area contributed by atoms with Gasteiger partial charge in [-0.25, -0.2) is 9.78 Å². The summed E-state index contributed by atoms with van der Waals surface area (Å²) in [4.78, 5) is 28.7. The molecular weight excluding hydrogens is 358 g/mol. The van der Waals surface area contributed by atoms with Crippen LogP contribution < -0.4 is 5.32 Å². The Morgan fingerprint density at radius 1 is 1.27 bits per heavy atom. The number of carbonyl (C=O) groups excluding carboxylic acids is 1. The second-order valence-corrected chi connectivity index (χ2v) is 6.48. The number of aliphatic hydroxyl groups is 1. The number of benzene rings is 1. The van der Waals surface area contributed by atoms with Crippen molar-refractivity contribution in [2.75, 3.05) is 6.54 Å². The van der Waals surface area contributed by atoms with Crippen molar-refractivity contribution < 1.29 is 19.8 Å². The summed E-state index contributed by atoms with van der Waals surface area (Å²) in [6.45, 7) is 0.139. The summed E-state index contributed by atoms with van der Waals surface area (Å²) in [5, 5.41) is 22.9. The molecule has 1 aromatic heterocycles. The number of aromatic nitrogens is 1. The zero-order valence-electron chi connectivity index (χ0n) is 13.8. The molecule has 2 amide bonds. The van der Waals surface area contributed by atoms with E-state index in [0.717, 1.165) is 11.1 Å². The van der Waals surface area contributed by atoms with Crippen molar-refractivity contribution in [3.63, 3.8) is 0 Å². The fraction of sp³-hybridized carbons (Fsp3) is 0.278. The Labute approximate surface area is 155 Å². The topological polar surface area (TPSA) is 103 Å². The van der Waals surface area contributed by atoms with E-state index in [-0.39, 0.29) is 18.2 Å². The molecule has 7 nitrogen and oxygen atoms in total. The first-order valence-corrected chi connectivity index (χ1v) is 8.47. The minimum absolute atomic E-state index is 0.0714. The summed E-state index contributed by atoms with van der Waals surface area (Å²) >= 11 is 5.69. The van der Waals surface area contributed by atoms with Gasteiger partial charge in [0.15, 0.2) is 0 Å². The maximum atomic E-state index is 12.1. The van der Waals surface area contributed by atoms with E-state index < -0.39 is 24.1 Å². The Bertz CT molecular complexity index is 812. The van der Waals surface area contributed by atoms with Gasteiger partial charge in [0.2, 0.25) is 0 Å². The summed E-state index contributed by atoms with van der Waals surface area (Å²) in [6, 6.07) is 9.93. The van der Waals surface area contributed by atoms with Gasteiger partial charge in [-0.1, -0.05) is 35.9 Å². The molecule has 0 aliphatic carbocycles. The molecular formula is C18H18ClN3O4. The normalized spacial score (nSPS) is 17.3. The van der Waals surface area contributed by atoms with Crippen molar-refractivity contribution in [3.05, 3.63) is 64.4 Å². The number of rotatable bonds is 4. The van der Waals surface area contributed by atoms with Crippen LogP contribution in [-0.2, 0) is 13.0 Å². The molecule has 0 bridgehead atoms. The van der Waals surface area contributed by atoms with E-state index in [0.29, 0.717) is 12.0 Å². The van der Waals surface area contributed by atoms with E-state index in [1.165, 1.54) is 23.2 Å². The van der Waals surface area contributed by atoms with Gasteiger partial charge in [-0.15, -0.1) is 0 Å². The van der Waals surface area contributed by atoms with Crippen molar-refractivity contribution in [1.29, 1.82) is 0 Å². The molecule has 1 aliphatic heterocycles. The number of amides is 2. The Morgan fingerprint density at radius 3 is 2.65 bits per heavy atom. The molecule has 1 unspecified atom stereocenters. The number of pyridine rings is 1. The van der Waals surface area contributed by atoms with Gasteiger partial charge in [0.25, 0.3) is 5.91 Å². The molecule has 3 N–H and O–H groups in total. The number of halogens is 1. The van der Waals surface area contributed by atoms with E-state index in [1.54, 1.807) is 0 Å². The van der Waals surface area contributed by atoms with Crippen molar-refractivity contribution in [2.45, 2.75) is 25.1 Å². The fourth-order valence-corrected chi connectivity index (χ4v) is 3.16. The van der Waals surface area contributed by atoms with Crippen LogP contribution in [0.15, 0.2) is 42.6 Å². The fourth-order valence-electron chi connectivity index (χ4n) is 3.05. The molecule has 136 valence electrons. The summed E-state index contributed by atoms with van der Waals surface area (Å²) in [5.41, 5.74) is 2.24. The summed E-state index contributed by atoms with van der Waals surface area (Å²) < 4.78 is 0. The molecule has 2 heterocycles. The predicted molar refractivity (Wildman–Crippen MR) is 95.1 cm³/mol. The lowest BCUT2D eigenvalue weighted by Gasteiger charge is -2.37. The first-order chi connectivity index (χ1) is 12.5. The van der Waals surface area contributed by atoms with Crippen LogP contribution in [0.4, 0.5) is 4.79 Å². The number of aliphatic hydroxyl groups excluding tert-OH is 1. The second-order valence-electron chi connectivity index (χ2n) is 6.10. The van der Waals surface area contributed by atoms with Crippen LogP contribution in [0.25, 0.3) is 0 Å². The molecule has 0 saturated carbocycles. The third-order valence-corrected chi connectivity index (χ3v) is 4.66. The summed E-state index contributed by atoms with van der Waals surface area (Å²) in [7, 11) is 0. The third kappa shape index (κ3) is 3.95. The molecule has 8 heteroatoms. The predicted octanol–water partition coefficient (Wildman–Crippen LogP) is 1.93. The Morgan fingerprint density at radius 2 is 2.00 bits per heavy atom. The minimum Gasteiger partial charge on any atom is -0.465 e. The molecule has 1 aromatic carbocycles. The maximum absolute atomic E-state index is 12.1. The van der Waals surface area contributed by atoms with Crippen LogP contribution in [-0.4, -0.2) is 50.8 Å². The molecule has 2 aromatic rings. The van der Waals surface area contributed by atoms with Gasteiger partial charge in [-0.2, -0.15) is 0 Å². The van der Waals surface area contributed by atoms with Crippen molar-refractivity contribution in [2.24, 2.45) is 0 Å². The average molecular weight is 376 g/mol. The molecule has 26 heavy (non-hydrogen) atoms. The number of hydrogen-bond donors (Lipinski definition) is 3. The Balaban J connectivity index is 1.67. The monoisotopic (exact) mass is 375 g/mol. The molecule has 0 radical (unpaired) electrons. The SMILES string of the molecule is O=C(NC[C@@H](O)C1Cc2ccccc2CN1C(=O)O)c1ccc(Cl)nc1. The molecule has 3 rings (SSSR count). The number of nitrogens with zero attached hydrogens (tertiary/aromatic N) is 2. The van der Waals surface area contributed by atoms with Gasteiger partial charge in [0, 0.05) is 19.3 Å². The number of fused-ring (bicyclic) bond motifs is 1. The highest BCUT2D eigenvalue weighted by molar-refractivity contribution is 6.29. The average Bonchev–Trinajstić information content (AvgIpc) is 2.65. The van der Waals surface area contributed by atoms with E-state index in [2.05, 4.69) is 10.3 Å². The first kappa shape index (κ1) is 18.2. The van der Waals surface area contributed by atoms with Crippen LogP contribution in [0.2, 0.25) is 5.15 Å². The van der Waals surface area contributed by atoms with Crippen LogP contribution in [0.1, 0.15) is 21.5 Å². The van der Waals surface area contributed by atoms with Crippen LogP contribution in [0.5, 0.6) is 0 Å². The number of hydrogen-bond acceptors (Lipinski definition) is 4. The lowest BCUT2D eigenvalue weighted by molar-refractivity contribution is 0.0382. The maximum Gasteiger partial charge on any atom is 0.407 e. The van der Waals surface area contributed by atoms with E-state index in [9.17, 15) is 19.8 Å². The van der Waals surface area contributed by atoms with Crippen LogP contribution >= 0.6 is 11.6 Å². The first-order valence-electron chi connectivity index (χ1n) is 8.10. The van der Waals surface area contributed by atoms with Crippen LogP contribution in [0.3, 0.4) is 0 Å². The largest absolute Gasteiger partial charge is 0.465 e. The van der Waals surface area contributed by atoms with Gasteiger partial charge in [-0.05, 0) is 29.7 Å².